The number of hydrogen-bond acceptors (Lipinski definition) is 3. The fourth-order valence-corrected chi connectivity index (χ4v) is 2.27. The molecule has 0 radical (unpaired) electrons. The van der Waals surface area contributed by atoms with Gasteiger partial charge in [-0.3, -0.25) is 4.79 Å². The molecule has 18 heavy (non-hydrogen) atoms. The maximum atomic E-state index is 11.8. The van der Waals surface area contributed by atoms with Crippen LogP contribution in [0.2, 0.25) is 5.02 Å². The zero-order chi connectivity index (χ0) is 13.0. The molecule has 1 amide bonds. The van der Waals surface area contributed by atoms with Gasteiger partial charge >= 0.3 is 0 Å². The van der Waals surface area contributed by atoms with Crippen LogP contribution in [-0.2, 0) is 4.79 Å². The average Bonchev–Trinajstić information content (AvgIpc) is 2.84. The van der Waals surface area contributed by atoms with Crippen molar-refractivity contribution >= 4 is 23.2 Å². The van der Waals surface area contributed by atoms with Gasteiger partial charge in [0.05, 0.1) is 22.3 Å². The van der Waals surface area contributed by atoms with Gasteiger partial charge in [0.1, 0.15) is 0 Å². The molecule has 1 unspecified atom stereocenters. The van der Waals surface area contributed by atoms with Gasteiger partial charge in [0.25, 0.3) is 0 Å². The first-order valence-corrected chi connectivity index (χ1v) is 6.27. The Balaban J connectivity index is 1.96. The summed E-state index contributed by atoms with van der Waals surface area (Å²) in [5.41, 5.74) is 1.05. The van der Waals surface area contributed by atoms with E-state index in [1.165, 1.54) is 0 Å². The van der Waals surface area contributed by atoms with E-state index in [0.29, 0.717) is 28.6 Å². The molecule has 1 fully saturated rings. The predicted octanol–water partition coefficient (Wildman–Crippen LogP) is 2.15. The zero-order valence-electron chi connectivity index (χ0n) is 9.87. The molecule has 1 saturated heterocycles. The summed E-state index contributed by atoms with van der Waals surface area (Å²) in [6.07, 6.45) is 1.54. The zero-order valence-corrected chi connectivity index (χ0v) is 10.6. The van der Waals surface area contributed by atoms with Gasteiger partial charge in [0.15, 0.2) is 0 Å². The number of nitrogens with zero attached hydrogens (tertiary/aromatic N) is 1. The molecule has 1 aliphatic heterocycles. The normalized spacial score (nSPS) is 18.3. The van der Waals surface area contributed by atoms with Crippen LogP contribution < -0.4 is 10.6 Å². The minimum Gasteiger partial charge on any atom is -0.325 e. The summed E-state index contributed by atoms with van der Waals surface area (Å²) in [6, 6.07) is 6.85. The number of amides is 1. The van der Waals surface area contributed by atoms with Crippen molar-refractivity contribution < 1.29 is 4.79 Å². The summed E-state index contributed by atoms with van der Waals surface area (Å²) < 4.78 is 0. The summed E-state index contributed by atoms with van der Waals surface area (Å²) in [4.78, 5) is 11.8. The van der Waals surface area contributed by atoms with Crippen LogP contribution in [0.5, 0.6) is 0 Å². The quantitative estimate of drug-likeness (QED) is 0.878. The molecule has 0 aliphatic carbocycles. The van der Waals surface area contributed by atoms with Gasteiger partial charge in [-0.15, -0.1) is 0 Å². The molecular weight excluding hydrogens is 250 g/mol. The maximum absolute atomic E-state index is 11.8. The van der Waals surface area contributed by atoms with E-state index in [1.54, 1.807) is 18.2 Å². The summed E-state index contributed by atoms with van der Waals surface area (Å²) in [5.74, 6) is 0.373. The summed E-state index contributed by atoms with van der Waals surface area (Å²) in [5, 5.41) is 15.1. The smallest absolute Gasteiger partial charge is 0.224 e. The molecule has 1 aromatic rings. The highest BCUT2D eigenvalue weighted by Gasteiger charge is 2.18. The van der Waals surface area contributed by atoms with Gasteiger partial charge in [-0.25, -0.2) is 0 Å². The molecule has 2 rings (SSSR count). The molecule has 1 heterocycles. The number of benzene rings is 1. The molecule has 0 bridgehead atoms. The maximum Gasteiger partial charge on any atom is 0.224 e. The lowest BCUT2D eigenvalue weighted by Gasteiger charge is -2.10. The Bertz CT molecular complexity index is 489. The summed E-state index contributed by atoms with van der Waals surface area (Å²) in [6.45, 7) is 1.88. The highest BCUT2D eigenvalue weighted by molar-refractivity contribution is 6.33. The summed E-state index contributed by atoms with van der Waals surface area (Å²) >= 11 is 5.99. The van der Waals surface area contributed by atoms with E-state index in [4.69, 9.17) is 16.9 Å². The number of hydrogen-bond donors (Lipinski definition) is 2. The lowest BCUT2D eigenvalue weighted by molar-refractivity contribution is -0.116. The minimum atomic E-state index is -0.0321. The van der Waals surface area contributed by atoms with Crippen LogP contribution in [0, 0.1) is 17.2 Å². The number of carbonyl (C=O) groups is 1. The highest BCUT2D eigenvalue weighted by Crippen LogP contribution is 2.23. The Morgan fingerprint density at radius 3 is 3.06 bits per heavy atom. The molecule has 1 aromatic carbocycles. The molecule has 2 N–H and O–H groups in total. The number of nitrogens with one attached hydrogen (secondary N) is 2. The molecule has 0 saturated carbocycles. The predicted molar refractivity (Wildman–Crippen MR) is 70.4 cm³/mol. The molecular formula is C13H14ClN3O. The molecule has 1 aliphatic rings. The Morgan fingerprint density at radius 2 is 2.44 bits per heavy atom. The van der Waals surface area contributed by atoms with Crippen molar-refractivity contribution in [3.05, 3.63) is 28.8 Å². The Hall–Kier alpha value is -1.57. The summed E-state index contributed by atoms with van der Waals surface area (Å²) in [7, 11) is 0. The largest absolute Gasteiger partial charge is 0.325 e. The van der Waals surface area contributed by atoms with E-state index in [9.17, 15) is 4.79 Å². The van der Waals surface area contributed by atoms with Gasteiger partial charge in [-0.1, -0.05) is 11.6 Å². The molecule has 0 spiro atoms. The van der Waals surface area contributed by atoms with Crippen LogP contribution in [-0.4, -0.2) is 19.0 Å². The van der Waals surface area contributed by atoms with E-state index in [1.807, 2.05) is 6.07 Å². The number of rotatable bonds is 3. The van der Waals surface area contributed by atoms with Crippen LogP contribution >= 0.6 is 11.6 Å². The van der Waals surface area contributed by atoms with E-state index in [2.05, 4.69) is 10.6 Å². The van der Waals surface area contributed by atoms with Crippen molar-refractivity contribution in [2.75, 3.05) is 18.4 Å². The topological polar surface area (TPSA) is 64.9 Å². The van der Waals surface area contributed by atoms with Gasteiger partial charge in [0.2, 0.25) is 5.91 Å². The van der Waals surface area contributed by atoms with E-state index in [0.717, 1.165) is 19.5 Å². The van der Waals surface area contributed by atoms with Crippen LogP contribution in [0.3, 0.4) is 0 Å². The number of nitriles is 1. The standard InChI is InChI=1S/C13H14ClN3O/c14-11-5-9(7-15)1-2-12(11)17-13(18)6-10-3-4-16-8-10/h1-2,5,10,16H,3-4,6,8H2,(H,17,18). The molecule has 5 heteroatoms. The number of halogens is 1. The van der Waals surface area contributed by atoms with Gasteiger partial charge in [-0.2, -0.15) is 5.26 Å². The Morgan fingerprint density at radius 1 is 1.61 bits per heavy atom. The molecule has 94 valence electrons. The van der Waals surface area contributed by atoms with Crippen LogP contribution in [0.25, 0.3) is 0 Å². The second kappa shape index (κ2) is 5.85. The van der Waals surface area contributed by atoms with E-state index < -0.39 is 0 Å². The monoisotopic (exact) mass is 263 g/mol. The fourth-order valence-electron chi connectivity index (χ4n) is 2.04. The molecule has 0 aromatic heterocycles. The average molecular weight is 264 g/mol. The van der Waals surface area contributed by atoms with Crippen molar-refractivity contribution in [2.45, 2.75) is 12.8 Å². The van der Waals surface area contributed by atoms with E-state index >= 15 is 0 Å². The minimum absolute atomic E-state index is 0.0321. The first-order valence-electron chi connectivity index (χ1n) is 5.89. The SMILES string of the molecule is N#Cc1ccc(NC(=O)CC2CCNC2)c(Cl)c1. The first-order chi connectivity index (χ1) is 8.69. The van der Waals surface area contributed by atoms with Crippen LogP contribution in [0.4, 0.5) is 5.69 Å². The van der Waals surface area contributed by atoms with E-state index in [-0.39, 0.29) is 5.91 Å². The molecule has 4 nitrogen and oxygen atoms in total. The lowest BCUT2D eigenvalue weighted by atomic mass is 10.0. The van der Waals surface area contributed by atoms with Crippen molar-refractivity contribution in [1.29, 1.82) is 5.26 Å². The first kappa shape index (κ1) is 12.9. The Labute approximate surface area is 111 Å². The van der Waals surface area contributed by atoms with Crippen LogP contribution in [0.1, 0.15) is 18.4 Å². The van der Waals surface area contributed by atoms with Crippen molar-refractivity contribution in [2.24, 2.45) is 5.92 Å². The lowest BCUT2D eigenvalue weighted by Crippen LogP contribution is -2.18. The second-order valence-corrected chi connectivity index (χ2v) is 4.82. The second-order valence-electron chi connectivity index (χ2n) is 4.42. The third-order valence-electron chi connectivity index (χ3n) is 3.01. The number of carbonyl (C=O) groups excluding carboxylic acids is 1. The third-order valence-corrected chi connectivity index (χ3v) is 3.32. The van der Waals surface area contributed by atoms with Crippen molar-refractivity contribution in [3.63, 3.8) is 0 Å². The molecule has 1 atom stereocenters. The fraction of sp³-hybridized carbons (Fsp3) is 0.385. The van der Waals surface area contributed by atoms with Gasteiger partial charge in [0, 0.05) is 6.42 Å². The van der Waals surface area contributed by atoms with Crippen molar-refractivity contribution in [1.82, 2.24) is 5.32 Å². The van der Waals surface area contributed by atoms with Crippen LogP contribution in [0.15, 0.2) is 18.2 Å². The highest BCUT2D eigenvalue weighted by atomic mass is 35.5. The third kappa shape index (κ3) is 3.22. The van der Waals surface area contributed by atoms with Gasteiger partial charge < -0.3 is 10.6 Å². The van der Waals surface area contributed by atoms with Crippen molar-refractivity contribution in [3.8, 4) is 6.07 Å². The number of anilines is 1. The van der Waals surface area contributed by atoms with Gasteiger partial charge in [-0.05, 0) is 43.6 Å². The Kier molecular flexibility index (Phi) is 4.19.